The van der Waals surface area contributed by atoms with Gasteiger partial charge in [0.1, 0.15) is 11.5 Å². The number of carbonyl (C=O) groups is 1. The van der Waals surface area contributed by atoms with E-state index in [1.807, 2.05) is 42.5 Å². The van der Waals surface area contributed by atoms with Crippen LogP contribution < -0.4 is 19.7 Å². The summed E-state index contributed by atoms with van der Waals surface area (Å²) < 4.78 is 11.6. The third-order valence-corrected chi connectivity index (χ3v) is 6.05. The number of amides is 1. The third-order valence-electron chi connectivity index (χ3n) is 4.95. The molecule has 6 nitrogen and oxygen atoms in total. The molecule has 0 atom stereocenters. The lowest BCUT2D eigenvalue weighted by Crippen LogP contribution is -2.54. The lowest BCUT2D eigenvalue weighted by molar-refractivity contribution is -0.125. The second kappa shape index (κ2) is 8.06. The topological polar surface area (TPSA) is 63.7 Å². The van der Waals surface area contributed by atoms with E-state index in [9.17, 15) is 4.79 Å². The van der Waals surface area contributed by atoms with Crippen molar-refractivity contribution in [2.24, 2.45) is 5.92 Å². The van der Waals surface area contributed by atoms with Crippen LogP contribution in [0.5, 0.6) is 11.5 Å². The molecule has 1 aliphatic rings. The van der Waals surface area contributed by atoms with Gasteiger partial charge in [-0.1, -0.05) is 23.5 Å². The molecule has 146 valence electrons. The van der Waals surface area contributed by atoms with E-state index in [4.69, 9.17) is 9.47 Å². The fraction of sp³-hybridized carbons (Fsp3) is 0.333. The number of nitrogens with zero attached hydrogens (tertiary/aromatic N) is 2. The van der Waals surface area contributed by atoms with Crippen molar-refractivity contribution in [1.82, 2.24) is 10.3 Å². The summed E-state index contributed by atoms with van der Waals surface area (Å²) in [4.78, 5) is 19.2. The molecule has 1 amide bonds. The summed E-state index contributed by atoms with van der Waals surface area (Å²) in [6.45, 7) is 2.05. The Kier molecular flexibility index (Phi) is 5.34. The van der Waals surface area contributed by atoms with Crippen molar-refractivity contribution in [2.75, 3.05) is 38.8 Å². The van der Waals surface area contributed by atoms with Crippen molar-refractivity contribution in [1.29, 1.82) is 0 Å². The highest BCUT2D eigenvalue weighted by Crippen LogP contribution is 2.34. The number of thiazole rings is 1. The number of benzene rings is 2. The molecule has 1 aliphatic heterocycles. The van der Waals surface area contributed by atoms with Gasteiger partial charge >= 0.3 is 0 Å². The second-order valence-corrected chi connectivity index (χ2v) is 7.83. The number of nitrogens with one attached hydrogen (secondary N) is 1. The highest BCUT2D eigenvalue weighted by molar-refractivity contribution is 7.22. The molecule has 2 heterocycles. The summed E-state index contributed by atoms with van der Waals surface area (Å²) >= 11 is 1.65. The summed E-state index contributed by atoms with van der Waals surface area (Å²) in [5, 5.41) is 4.01. The van der Waals surface area contributed by atoms with Crippen molar-refractivity contribution < 1.29 is 14.3 Å². The normalized spacial score (nSPS) is 14.0. The first-order valence-corrected chi connectivity index (χ1v) is 10.1. The third kappa shape index (κ3) is 3.89. The fourth-order valence-electron chi connectivity index (χ4n) is 3.26. The Morgan fingerprint density at radius 3 is 2.75 bits per heavy atom. The maximum Gasteiger partial charge on any atom is 0.226 e. The molecular weight excluding hydrogens is 374 g/mol. The maximum absolute atomic E-state index is 12.4. The molecule has 7 heteroatoms. The van der Waals surface area contributed by atoms with Crippen LogP contribution in [0.3, 0.4) is 0 Å². The van der Waals surface area contributed by atoms with Gasteiger partial charge in [-0.15, -0.1) is 0 Å². The van der Waals surface area contributed by atoms with Crippen LogP contribution in [0.2, 0.25) is 0 Å². The number of carbonyl (C=O) groups excluding carboxylic acids is 1. The van der Waals surface area contributed by atoms with Crippen LogP contribution in [0.25, 0.3) is 10.2 Å². The van der Waals surface area contributed by atoms with Gasteiger partial charge in [-0.25, -0.2) is 4.98 Å². The first kappa shape index (κ1) is 18.6. The molecular formula is C21H23N3O3S. The smallest absolute Gasteiger partial charge is 0.226 e. The van der Waals surface area contributed by atoms with E-state index >= 15 is 0 Å². The Morgan fingerprint density at radius 1 is 1.18 bits per heavy atom. The molecule has 0 saturated carbocycles. The minimum Gasteiger partial charge on any atom is -0.497 e. The van der Waals surface area contributed by atoms with Gasteiger partial charge in [-0.3, -0.25) is 4.79 Å². The van der Waals surface area contributed by atoms with E-state index in [0.717, 1.165) is 38.8 Å². The molecule has 4 rings (SSSR count). The van der Waals surface area contributed by atoms with Crippen molar-refractivity contribution in [3.8, 4) is 11.5 Å². The van der Waals surface area contributed by atoms with E-state index in [-0.39, 0.29) is 11.8 Å². The number of fused-ring (bicyclic) bond motifs is 1. The minimum absolute atomic E-state index is 0.0202. The molecule has 1 saturated heterocycles. The summed E-state index contributed by atoms with van der Waals surface area (Å²) in [7, 11) is 3.31. The Hall–Kier alpha value is -2.80. The molecule has 2 aromatic carbocycles. The lowest BCUT2D eigenvalue weighted by atomic mass is 10.00. The summed E-state index contributed by atoms with van der Waals surface area (Å²) in [5.41, 5.74) is 2.09. The monoisotopic (exact) mass is 397 g/mol. The van der Waals surface area contributed by atoms with Crippen molar-refractivity contribution in [2.45, 2.75) is 6.42 Å². The van der Waals surface area contributed by atoms with Gasteiger partial charge in [0, 0.05) is 25.7 Å². The molecule has 28 heavy (non-hydrogen) atoms. The van der Waals surface area contributed by atoms with Crippen LogP contribution in [-0.4, -0.2) is 44.7 Å². The van der Waals surface area contributed by atoms with E-state index in [1.165, 1.54) is 0 Å². The summed E-state index contributed by atoms with van der Waals surface area (Å²) in [6, 6.07) is 13.8. The molecule has 3 aromatic rings. The number of rotatable bonds is 7. The summed E-state index contributed by atoms with van der Waals surface area (Å²) in [5.74, 6) is 1.78. The molecule has 1 N–H and O–H groups in total. The standard InChI is InChI=1S/C21H23N3O3S/c1-26-16-5-3-4-14(10-16)8-9-22-20(25)15-12-24(13-15)21-23-18-11-17(27-2)6-7-19(18)28-21/h3-7,10-11,15H,8-9,12-13H2,1-2H3,(H,22,25). The van der Waals surface area contributed by atoms with Crippen molar-refractivity contribution >= 4 is 32.6 Å². The zero-order valence-corrected chi connectivity index (χ0v) is 16.8. The van der Waals surface area contributed by atoms with Crippen LogP contribution in [0.15, 0.2) is 42.5 Å². The molecule has 0 unspecified atom stereocenters. The Labute approximate surface area is 168 Å². The quantitative estimate of drug-likeness (QED) is 0.664. The molecule has 0 radical (unpaired) electrons. The van der Waals surface area contributed by atoms with Crippen molar-refractivity contribution in [3.63, 3.8) is 0 Å². The van der Waals surface area contributed by atoms with Gasteiger partial charge in [0.25, 0.3) is 0 Å². The number of ether oxygens (including phenoxy) is 2. The number of hydrogen-bond acceptors (Lipinski definition) is 6. The average Bonchev–Trinajstić information content (AvgIpc) is 3.09. The predicted octanol–water partition coefficient (Wildman–Crippen LogP) is 3.11. The fourth-order valence-corrected chi connectivity index (χ4v) is 4.22. The molecule has 0 aliphatic carbocycles. The highest BCUT2D eigenvalue weighted by atomic mass is 32.1. The molecule has 1 aromatic heterocycles. The Balaban J connectivity index is 1.27. The number of hydrogen-bond donors (Lipinski definition) is 1. The van der Waals surface area contributed by atoms with E-state index in [1.54, 1.807) is 25.6 Å². The van der Waals surface area contributed by atoms with Gasteiger partial charge < -0.3 is 19.7 Å². The number of methoxy groups -OCH3 is 2. The molecule has 0 spiro atoms. The van der Waals surface area contributed by atoms with E-state index in [2.05, 4.69) is 15.2 Å². The maximum atomic E-state index is 12.4. The van der Waals surface area contributed by atoms with Gasteiger partial charge in [-0.05, 0) is 36.2 Å². The zero-order valence-electron chi connectivity index (χ0n) is 16.0. The molecule has 1 fully saturated rings. The van der Waals surface area contributed by atoms with E-state index in [0.29, 0.717) is 19.6 Å². The van der Waals surface area contributed by atoms with Gasteiger partial charge in [0.2, 0.25) is 5.91 Å². The Morgan fingerprint density at radius 2 is 1.96 bits per heavy atom. The van der Waals surface area contributed by atoms with Crippen LogP contribution in [0.4, 0.5) is 5.13 Å². The second-order valence-electron chi connectivity index (χ2n) is 6.82. The Bertz CT molecular complexity index is 982. The molecule has 0 bridgehead atoms. The first-order chi connectivity index (χ1) is 13.7. The van der Waals surface area contributed by atoms with E-state index < -0.39 is 0 Å². The first-order valence-electron chi connectivity index (χ1n) is 9.26. The minimum atomic E-state index is 0.0202. The lowest BCUT2D eigenvalue weighted by Gasteiger charge is -2.37. The van der Waals surface area contributed by atoms with Gasteiger partial charge in [0.05, 0.1) is 30.4 Å². The largest absolute Gasteiger partial charge is 0.497 e. The van der Waals surface area contributed by atoms with Crippen LogP contribution in [-0.2, 0) is 11.2 Å². The van der Waals surface area contributed by atoms with Crippen molar-refractivity contribution in [3.05, 3.63) is 48.0 Å². The van der Waals surface area contributed by atoms with Crippen LogP contribution in [0, 0.1) is 5.92 Å². The van der Waals surface area contributed by atoms with Gasteiger partial charge in [-0.2, -0.15) is 0 Å². The predicted molar refractivity (Wildman–Crippen MR) is 112 cm³/mol. The summed E-state index contributed by atoms with van der Waals surface area (Å²) in [6.07, 6.45) is 0.791. The van der Waals surface area contributed by atoms with Gasteiger partial charge in [0.15, 0.2) is 5.13 Å². The SMILES string of the molecule is COc1cccc(CCNC(=O)C2CN(c3nc4cc(OC)ccc4s3)C2)c1. The number of aromatic nitrogens is 1. The zero-order chi connectivity index (χ0) is 19.5. The number of anilines is 1. The highest BCUT2D eigenvalue weighted by Gasteiger charge is 2.34. The average molecular weight is 398 g/mol. The van der Waals surface area contributed by atoms with Crippen LogP contribution in [0.1, 0.15) is 5.56 Å². The van der Waals surface area contributed by atoms with Crippen LogP contribution >= 0.6 is 11.3 Å².